The van der Waals surface area contributed by atoms with Gasteiger partial charge in [0.25, 0.3) is 0 Å². The van der Waals surface area contributed by atoms with Gasteiger partial charge in [-0.2, -0.15) is 0 Å². The third-order valence-corrected chi connectivity index (χ3v) is 5.89. The molecule has 0 aromatic carbocycles. The Hall–Kier alpha value is -1.97. The lowest BCUT2D eigenvalue weighted by atomic mass is 9.86. The maximum Gasteiger partial charge on any atom is 0.230 e. The number of likely N-dealkylation sites (tertiary alicyclic amines) is 1. The van der Waals surface area contributed by atoms with Gasteiger partial charge in [-0.05, 0) is 45.7 Å². The Balaban J connectivity index is 2.74. The molecule has 31 heavy (non-hydrogen) atoms. The van der Waals surface area contributed by atoms with Crippen LogP contribution in [-0.4, -0.2) is 84.4 Å². The molecule has 176 valence electrons. The highest BCUT2D eigenvalue weighted by Crippen LogP contribution is 2.26. The number of likely N-dealkylation sites (N-methyl/N-ethyl adjacent to an activating group) is 1. The zero-order valence-corrected chi connectivity index (χ0v) is 19.3. The van der Waals surface area contributed by atoms with E-state index in [-0.39, 0.29) is 55.5 Å². The average molecular weight is 440 g/mol. The van der Waals surface area contributed by atoms with Crippen molar-refractivity contribution in [3.8, 4) is 0 Å². The molecule has 1 unspecified atom stereocenters. The van der Waals surface area contributed by atoms with Crippen LogP contribution < -0.4 is 10.6 Å². The Bertz CT molecular complexity index is 678. The minimum absolute atomic E-state index is 0.0160. The summed E-state index contributed by atoms with van der Waals surface area (Å²) < 4.78 is 0. The van der Waals surface area contributed by atoms with Gasteiger partial charge in [-0.3, -0.25) is 24.0 Å². The summed E-state index contributed by atoms with van der Waals surface area (Å²) >= 11 is 0. The Morgan fingerprint density at radius 2 is 1.87 bits per heavy atom. The molecule has 1 saturated heterocycles. The van der Waals surface area contributed by atoms with E-state index < -0.39 is 35.8 Å². The number of amides is 1. The van der Waals surface area contributed by atoms with Gasteiger partial charge < -0.3 is 20.6 Å². The number of hydrogen-bond donors (Lipinski definition) is 3. The Morgan fingerprint density at radius 1 is 1.23 bits per heavy atom. The molecule has 1 aliphatic rings. The summed E-state index contributed by atoms with van der Waals surface area (Å²) in [4.78, 5) is 62.8. The first-order valence-corrected chi connectivity index (χ1v) is 10.9. The fourth-order valence-electron chi connectivity index (χ4n) is 3.66. The summed E-state index contributed by atoms with van der Waals surface area (Å²) in [5, 5.41) is 16.1. The van der Waals surface area contributed by atoms with E-state index in [2.05, 4.69) is 10.6 Å². The number of hydrogen-bond acceptors (Lipinski definition) is 8. The number of aliphatic hydroxyl groups is 1. The predicted molar refractivity (Wildman–Crippen MR) is 115 cm³/mol. The smallest absolute Gasteiger partial charge is 0.230 e. The van der Waals surface area contributed by atoms with Crippen molar-refractivity contribution in [3.63, 3.8) is 0 Å². The standard InChI is InChI=1S/C22H37N3O6/c1-13(2)21(30)22(31)18-10-15(19(28)11-20(29)25(18)5)6-7-16(27)12-24-17(14(3)26)8-9-23-4/h13,15,17-18,21,23-24,30H,6-12H2,1-5H3/t15-,17+,18?,21+/m1/s1. The minimum Gasteiger partial charge on any atom is -0.385 e. The summed E-state index contributed by atoms with van der Waals surface area (Å²) in [5.41, 5.74) is 0. The molecule has 0 saturated carbocycles. The second kappa shape index (κ2) is 12.8. The largest absolute Gasteiger partial charge is 0.385 e. The third kappa shape index (κ3) is 8.23. The van der Waals surface area contributed by atoms with Crippen LogP contribution in [0.15, 0.2) is 0 Å². The van der Waals surface area contributed by atoms with Gasteiger partial charge >= 0.3 is 0 Å². The molecule has 9 nitrogen and oxygen atoms in total. The Morgan fingerprint density at radius 3 is 2.42 bits per heavy atom. The van der Waals surface area contributed by atoms with Crippen molar-refractivity contribution in [1.82, 2.24) is 15.5 Å². The monoisotopic (exact) mass is 439 g/mol. The quantitative estimate of drug-likeness (QED) is 0.339. The molecule has 3 N–H and O–H groups in total. The summed E-state index contributed by atoms with van der Waals surface area (Å²) in [6.07, 6.45) is -0.541. The molecule has 1 heterocycles. The zero-order valence-electron chi connectivity index (χ0n) is 19.3. The number of nitrogens with one attached hydrogen (secondary N) is 2. The molecule has 0 aromatic heterocycles. The van der Waals surface area contributed by atoms with Crippen LogP contribution in [0.2, 0.25) is 0 Å². The molecule has 0 bridgehead atoms. The van der Waals surface area contributed by atoms with Gasteiger partial charge in [-0.25, -0.2) is 0 Å². The molecule has 0 radical (unpaired) electrons. The number of carbonyl (C=O) groups is 5. The molecule has 0 aliphatic carbocycles. The molecule has 9 heteroatoms. The third-order valence-electron chi connectivity index (χ3n) is 5.89. The lowest BCUT2D eigenvalue weighted by Crippen LogP contribution is -2.47. The molecule has 0 spiro atoms. The Labute approximate surface area is 184 Å². The molecular formula is C22H37N3O6. The highest BCUT2D eigenvalue weighted by molar-refractivity contribution is 6.03. The molecule has 0 aromatic rings. The maximum absolute atomic E-state index is 12.7. The molecular weight excluding hydrogens is 402 g/mol. The summed E-state index contributed by atoms with van der Waals surface area (Å²) in [7, 11) is 3.25. The van der Waals surface area contributed by atoms with E-state index in [4.69, 9.17) is 0 Å². The average Bonchev–Trinajstić information content (AvgIpc) is 2.81. The molecule has 1 rings (SSSR count). The van der Waals surface area contributed by atoms with Crippen molar-refractivity contribution in [1.29, 1.82) is 0 Å². The van der Waals surface area contributed by atoms with E-state index in [0.717, 1.165) is 0 Å². The van der Waals surface area contributed by atoms with Crippen LogP contribution in [0.1, 0.15) is 52.9 Å². The van der Waals surface area contributed by atoms with E-state index in [1.54, 1.807) is 20.9 Å². The van der Waals surface area contributed by atoms with E-state index in [0.29, 0.717) is 13.0 Å². The van der Waals surface area contributed by atoms with Gasteiger partial charge in [-0.15, -0.1) is 0 Å². The van der Waals surface area contributed by atoms with Crippen LogP contribution in [0.4, 0.5) is 0 Å². The van der Waals surface area contributed by atoms with E-state index in [1.165, 1.54) is 18.9 Å². The maximum atomic E-state index is 12.7. The van der Waals surface area contributed by atoms with Crippen molar-refractivity contribution < 1.29 is 29.1 Å². The van der Waals surface area contributed by atoms with Crippen LogP contribution in [0.25, 0.3) is 0 Å². The van der Waals surface area contributed by atoms with Crippen LogP contribution in [0.3, 0.4) is 0 Å². The number of ketones is 4. The van der Waals surface area contributed by atoms with Gasteiger partial charge in [0, 0.05) is 19.4 Å². The van der Waals surface area contributed by atoms with Crippen LogP contribution in [0.5, 0.6) is 0 Å². The zero-order chi connectivity index (χ0) is 23.7. The van der Waals surface area contributed by atoms with Crippen LogP contribution in [-0.2, 0) is 24.0 Å². The normalized spacial score (nSPS) is 21.7. The SMILES string of the molecule is CNCC[C@H](NCC(=O)CC[C@@H]1CC(C(=O)[C@@H](O)C(C)C)N(C)C(=O)CC1=O)C(C)=O. The fourth-order valence-corrected chi connectivity index (χ4v) is 3.66. The minimum atomic E-state index is -1.22. The Kier molecular flexibility index (Phi) is 11.2. The van der Waals surface area contributed by atoms with Gasteiger partial charge in [0.2, 0.25) is 5.91 Å². The highest BCUT2D eigenvalue weighted by atomic mass is 16.3. The van der Waals surface area contributed by atoms with Gasteiger partial charge in [0.05, 0.1) is 25.0 Å². The van der Waals surface area contributed by atoms with Crippen molar-refractivity contribution in [2.24, 2.45) is 11.8 Å². The molecule has 1 amide bonds. The van der Waals surface area contributed by atoms with Crippen LogP contribution in [0, 0.1) is 11.8 Å². The summed E-state index contributed by atoms with van der Waals surface area (Å²) in [6, 6.07) is -1.31. The highest BCUT2D eigenvalue weighted by Gasteiger charge is 2.39. The lowest BCUT2D eigenvalue weighted by Gasteiger charge is -2.29. The van der Waals surface area contributed by atoms with E-state index in [9.17, 15) is 29.1 Å². The second-order valence-corrected chi connectivity index (χ2v) is 8.70. The molecule has 4 atom stereocenters. The summed E-state index contributed by atoms with van der Waals surface area (Å²) in [6.45, 7) is 5.54. The number of Topliss-reactive ketones (excluding diaryl/α,β-unsaturated/α-hetero) is 4. The topological polar surface area (TPSA) is 133 Å². The second-order valence-electron chi connectivity index (χ2n) is 8.70. The first-order valence-electron chi connectivity index (χ1n) is 10.9. The number of carbonyl (C=O) groups excluding carboxylic acids is 5. The number of aliphatic hydroxyl groups excluding tert-OH is 1. The van der Waals surface area contributed by atoms with Gasteiger partial charge in [-0.1, -0.05) is 13.8 Å². The fraction of sp³-hybridized carbons (Fsp3) is 0.773. The van der Waals surface area contributed by atoms with E-state index in [1.807, 2.05) is 0 Å². The first kappa shape index (κ1) is 27.1. The first-order chi connectivity index (χ1) is 14.5. The van der Waals surface area contributed by atoms with E-state index >= 15 is 0 Å². The lowest BCUT2D eigenvalue weighted by molar-refractivity contribution is -0.142. The van der Waals surface area contributed by atoms with Crippen molar-refractivity contribution in [2.45, 2.75) is 71.1 Å². The summed E-state index contributed by atoms with van der Waals surface area (Å²) in [5.74, 6) is -2.33. The van der Waals surface area contributed by atoms with Crippen molar-refractivity contribution >= 4 is 29.0 Å². The number of rotatable bonds is 13. The van der Waals surface area contributed by atoms with Crippen molar-refractivity contribution in [2.75, 3.05) is 27.2 Å². The van der Waals surface area contributed by atoms with Gasteiger partial charge in [0.15, 0.2) is 5.78 Å². The molecule has 1 aliphatic heterocycles. The molecule has 1 fully saturated rings. The van der Waals surface area contributed by atoms with Crippen molar-refractivity contribution in [3.05, 3.63) is 0 Å². The van der Waals surface area contributed by atoms with Gasteiger partial charge in [0.1, 0.15) is 23.5 Å². The predicted octanol–water partition coefficient (Wildman–Crippen LogP) is -0.115. The van der Waals surface area contributed by atoms with Crippen LogP contribution >= 0.6 is 0 Å². The number of nitrogens with zero attached hydrogens (tertiary/aromatic N) is 1.